The lowest BCUT2D eigenvalue weighted by Crippen LogP contribution is -2.56. The Kier molecular flexibility index (Phi) is 6.50. The molecule has 10 heteroatoms. The second-order valence-corrected chi connectivity index (χ2v) is 6.99. The minimum absolute atomic E-state index is 0.364. The summed E-state index contributed by atoms with van der Waals surface area (Å²) in [6, 6.07) is -1.41. The first-order chi connectivity index (χ1) is 11.7. The van der Waals surface area contributed by atoms with Crippen LogP contribution in [0.2, 0.25) is 0 Å². The number of hydrogen-bond acceptors (Lipinski definition) is 5. The van der Waals surface area contributed by atoms with E-state index >= 15 is 0 Å². The van der Waals surface area contributed by atoms with E-state index in [1.807, 2.05) is 29.3 Å². The van der Waals surface area contributed by atoms with E-state index in [9.17, 15) is 13.2 Å². The number of halogens is 3. The van der Waals surface area contributed by atoms with Crippen LogP contribution in [0.15, 0.2) is 10.4 Å². The Hall–Kier alpha value is -1.55. The van der Waals surface area contributed by atoms with Crippen molar-refractivity contribution in [3.63, 3.8) is 0 Å². The van der Waals surface area contributed by atoms with E-state index in [0.717, 1.165) is 10.8 Å². The van der Waals surface area contributed by atoms with Crippen molar-refractivity contribution in [2.24, 2.45) is 4.99 Å². The molecule has 0 radical (unpaired) electrons. The predicted octanol–water partition coefficient (Wildman–Crippen LogP) is 1.85. The van der Waals surface area contributed by atoms with Gasteiger partial charge in [0.2, 0.25) is 0 Å². The molecule has 2 heterocycles. The van der Waals surface area contributed by atoms with Gasteiger partial charge in [-0.1, -0.05) is 0 Å². The molecule has 0 aliphatic carbocycles. The number of thiazole rings is 1. The maximum atomic E-state index is 12.8. The van der Waals surface area contributed by atoms with E-state index in [1.54, 1.807) is 18.4 Å². The van der Waals surface area contributed by atoms with E-state index in [1.165, 1.54) is 11.8 Å². The Morgan fingerprint density at radius 2 is 2.00 bits per heavy atom. The highest BCUT2D eigenvalue weighted by Gasteiger charge is 2.41. The summed E-state index contributed by atoms with van der Waals surface area (Å²) in [5.41, 5.74) is 0.916. The van der Waals surface area contributed by atoms with Gasteiger partial charge in [-0.15, -0.1) is 11.3 Å². The summed E-state index contributed by atoms with van der Waals surface area (Å²) in [5.74, 6) is 0.693. The molecule has 1 aliphatic rings. The van der Waals surface area contributed by atoms with Gasteiger partial charge in [0.15, 0.2) is 11.1 Å². The molecule has 2 rings (SSSR count). The Morgan fingerprint density at radius 3 is 2.48 bits per heavy atom. The molecule has 0 aromatic carbocycles. The molecule has 1 unspecified atom stereocenters. The normalized spacial score (nSPS) is 18.4. The van der Waals surface area contributed by atoms with Gasteiger partial charge in [-0.3, -0.25) is 9.89 Å². The molecule has 142 valence electrons. The number of hydrogen-bond donors (Lipinski definition) is 1. The number of nitrogens with one attached hydrogen (secondary N) is 1. The molecule has 0 spiro atoms. The third-order valence-corrected chi connectivity index (χ3v) is 5.25. The van der Waals surface area contributed by atoms with Gasteiger partial charge < -0.3 is 15.1 Å². The second-order valence-electron chi connectivity index (χ2n) is 6.16. The first kappa shape index (κ1) is 19.8. The zero-order valence-electron chi connectivity index (χ0n) is 15.0. The lowest BCUT2D eigenvalue weighted by molar-refractivity contribution is -0.181. The number of rotatable bonds is 4. The summed E-state index contributed by atoms with van der Waals surface area (Å²) in [5, 5.41) is 6.16. The van der Waals surface area contributed by atoms with Crippen molar-refractivity contribution in [2.45, 2.75) is 25.7 Å². The molecule has 1 aliphatic heterocycles. The van der Waals surface area contributed by atoms with Crippen molar-refractivity contribution in [3.8, 4) is 0 Å². The van der Waals surface area contributed by atoms with E-state index in [4.69, 9.17) is 0 Å². The summed E-state index contributed by atoms with van der Waals surface area (Å²) in [7, 11) is 5.56. The molecule has 1 aromatic rings. The smallest absolute Gasteiger partial charge is 0.354 e. The van der Waals surface area contributed by atoms with Gasteiger partial charge in [-0.05, 0) is 6.92 Å². The second kappa shape index (κ2) is 8.22. The van der Waals surface area contributed by atoms with Gasteiger partial charge in [0, 0.05) is 52.7 Å². The van der Waals surface area contributed by atoms with E-state index in [2.05, 4.69) is 15.3 Å². The standard InChI is InChI=1S/C15H25F3N6S/c1-11(15(16,17)18)23-5-7-24(8-6-23)13(19-2)20-9-12-10-25-14(21-12)22(3)4/h10-11H,5-9H2,1-4H3,(H,19,20). The summed E-state index contributed by atoms with van der Waals surface area (Å²) >= 11 is 1.57. The van der Waals surface area contributed by atoms with Crippen molar-refractivity contribution >= 4 is 22.4 Å². The largest absolute Gasteiger partial charge is 0.403 e. The summed E-state index contributed by atoms with van der Waals surface area (Å²) in [4.78, 5) is 14.1. The Labute approximate surface area is 150 Å². The molecule has 0 saturated carbocycles. The van der Waals surface area contributed by atoms with Gasteiger partial charge in [0.05, 0.1) is 12.2 Å². The topological polar surface area (TPSA) is 47.0 Å². The monoisotopic (exact) mass is 378 g/mol. The fourth-order valence-electron chi connectivity index (χ4n) is 2.61. The number of aliphatic imine (C=N–C) groups is 1. The van der Waals surface area contributed by atoms with Crippen LogP contribution < -0.4 is 10.2 Å². The fraction of sp³-hybridized carbons (Fsp3) is 0.733. The molecule has 0 bridgehead atoms. The van der Waals surface area contributed by atoms with Crippen molar-refractivity contribution in [2.75, 3.05) is 52.2 Å². The maximum absolute atomic E-state index is 12.8. The third kappa shape index (κ3) is 5.21. The van der Waals surface area contributed by atoms with Crippen molar-refractivity contribution in [3.05, 3.63) is 11.1 Å². The van der Waals surface area contributed by atoms with Crippen LogP contribution in [0.1, 0.15) is 12.6 Å². The Bertz CT molecular complexity index is 578. The molecule has 6 nitrogen and oxygen atoms in total. The third-order valence-electron chi connectivity index (χ3n) is 4.20. The van der Waals surface area contributed by atoms with Crippen LogP contribution in [-0.2, 0) is 6.54 Å². The van der Waals surface area contributed by atoms with Crippen LogP contribution in [0.4, 0.5) is 18.3 Å². The molecule has 1 N–H and O–H groups in total. The summed E-state index contributed by atoms with van der Waals surface area (Å²) in [6.45, 7) is 3.51. The predicted molar refractivity (Wildman–Crippen MR) is 95.3 cm³/mol. The minimum Gasteiger partial charge on any atom is -0.354 e. The highest BCUT2D eigenvalue weighted by atomic mass is 32.1. The highest BCUT2D eigenvalue weighted by Crippen LogP contribution is 2.25. The van der Waals surface area contributed by atoms with Crippen molar-refractivity contribution < 1.29 is 13.2 Å². The van der Waals surface area contributed by atoms with Crippen LogP contribution >= 0.6 is 11.3 Å². The number of guanidine groups is 1. The minimum atomic E-state index is -4.18. The van der Waals surface area contributed by atoms with Crippen LogP contribution in [0.5, 0.6) is 0 Å². The molecular weight excluding hydrogens is 353 g/mol. The number of aromatic nitrogens is 1. The van der Waals surface area contributed by atoms with Crippen LogP contribution in [0, 0.1) is 0 Å². The average Bonchev–Trinajstić information content (AvgIpc) is 3.04. The van der Waals surface area contributed by atoms with Gasteiger partial charge in [0.25, 0.3) is 0 Å². The molecular formula is C15H25F3N6S. The number of anilines is 1. The zero-order chi connectivity index (χ0) is 18.6. The SMILES string of the molecule is CN=C(NCc1csc(N(C)C)n1)N1CCN(C(C)C(F)(F)F)CC1. The fourth-order valence-corrected chi connectivity index (χ4v) is 3.37. The zero-order valence-corrected chi connectivity index (χ0v) is 15.8. The van der Waals surface area contributed by atoms with Crippen molar-refractivity contribution in [1.82, 2.24) is 20.1 Å². The van der Waals surface area contributed by atoms with E-state index in [0.29, 0.717) is 38.7 Å². The summed E-state index contributed by atoms with van der Waals surface area (Å²) < 4.78 is 38.5. The Balaban J connectivity index is 1.86. The first-order valence-corrected chi connectivity index (χ1v) is 8.98. The molecule has 1 aromatic heterocycles. The summed E-state index contributed by atoms with van der Waals surface area (Å²) in [6.07, 6.45) is -4.18. The van der Waals surface area contributed by atoms with Gasteiger partial charge in [-0.25, -0.2) is 4.98 Å². The molecule has 1 fully saturated rings. The Morgan fingerprint density at radius 1 is 1.36 bits per heavy atom. The number of alkyl halides is 3. The van der Waals surface area contributed by atoms with E-state index < -0.39 is 12.2 Å². The quantitative estimate of drug-likeness (QED) is 0.640. The molecule has 25 heavy (non-hydrogen) atoms. The van der Waals surface area contributed by atoms with Gasteiger partial charge in [-0.2, -0.15) is 13.2 Å². The lowest BCUT2D eigenvalue weighted by Gasteiger charge is -2.39. The maximum Gasteiger partial charge on any atom is 0.403 e. The highest BCUT2D eigenvalue weighted by molar-refractivity contribution is 7.13. The van der Waals surface area contributed by atoms with Crippen LogP contribution in [0.25, 0.3) is 0 Å². The first-order valence-electron chi connectivity index (χ1n) is 8.10. The molecule has 0 amide bonds. The van der Waals surface area contributed by atoms with Gasteiger partial charge >= 0.3 is 6.18 Å². The number of nitrogens with zero attached hydrogens (tertiary/aromatic N) is 5. The van der Waals surface area contributed by atoms with Crippen LogP contribution in [-0.4, -0.2) is 80.3 Å². The molecule has 1 saturated heterocycles. The van der Waals surface area contributed by atoms with Crippen molar-refractivity contribution in [1.29, 1.82) is 0 Å². The van der Waals surface area contributed by atoms with E-state index in [-0.39, 0.29) is 0 Å². The molecule has 1 atom stereocenters. The van der Waals surface area contributed by atoms with Crippen LogP contribution in [0.3, 0.4) is 0 Å². The average molecular weight is 378 g/mol. The lowest BCUT2D eigenvalue weighted by atomic mass is 10.2. The van der Waals surface area contributed by atoms with Gasteiger partial charge in [0.1, 0.15) is 6.04 Å². The number of piperazine rings is 1.